The molecule has 1 unspecified atom stereocenters. The Kier molecular flexibility index (Phi) is 3.76. The molecule has 0 saturated carbocycles. The van der Waals surface area contributed by atoms with Crippen LogP contribution in [0.3, 0.4) is 0 Å². The summed E-state index contributed by atoms with van der Waals surface area (Å²) in [5, 5.41) is 0. The lowest BCUT2D eigenvalue weighted by Crippen LogP contribution is -2.29. The lowest BCUT2D eigenvalue weighted by atomic mass is 9.92. The smallest absolute Gasteiger partial charge is 0.314 e. The molecule has 2 heterocycles. The lowest BCUT2D eigenvalue weighted by Gasteiger charge is -2.26. The molecule has 0 amide bonds. The van der Waals surface area contributed by atoms with Crippen molar-refractivity contribution >= 4 is 27.0 Å². The van der Waals surface area contributed by atoms with Crippen LogP contribution in [0, 0.1) is 5.92 Å². The summed E-state index contributed by atoms with van der Waals surface area (Å²) in [6.07, 6.45) is 2.05. The van der Waals surface area contributed by atoms with Gasteiger partial charge in [0.15, 0.2) is 0 Å². The third kappa shape index (κ3) is 2.58. The van der Waals surface area contributed by atoms with Crippen molar-refractivity contribution in [2.75, 3.05) is 13.2 Å². The quantitative estimate of drug-likeness (QED) is 0.650. The Morgan fingerprint density at radius 1 is 1.10 bits per heavy atom. The summed E-state index contributed by atoms with van der Waals surface area (Å²) in [6.45, 7) is 1.59. The fourth-order valence-electron chi connectivity index (χ4n) is 2.58. The number of H-pyrrole nitrogens is 2. The number of rotatable bonds is 2. The van der Waals surface area contributed by atoms with Gasteiger partial charge < -0.3 is 14.7 Å². The average Bonchev–Trinajstić information content (AvgIpc) is 2.48. The summed E-state index contributed by atoms with van der Waals surface area (Å²) >= 11 is 3.75. The predicted molar refractivity (Wildman–Crippen MR) is 80.4 cm³/mol. The molecule has 1 aromatic heterocycles. The van der Waals surface area contributed by atoms with Gasteiger partial charge in [-0.3, -0.25) is 9.59 Å². The third-order valence-corrected chi connectivity index (χ3v) is 5.02. The van der Waals surface area contributed by atoms with Gasteiger partial charge in [-0.25, -0.2) is 0 Å². The first-order valence-electron chi connectivity index (χ1n) is 6.63. The zero-order valence-corrected chi connectivity index (χ0v) is 12.4. The fourth-order valence-corrected chi connectivity index (χ4v) is 3.40. The second-order valence-corrected chi connectivity index (χ2v) is 6.05. The number of hydrogen-bond donors (Lipinski definition) is 2. The van der Waals surface area contributed by atoms with Crippen molar-refractivity contribution in [3.63, 3.8) is 0 Å². The van der Waals surface area contributed by atoms with Gasteiger partial charge >= 0.3 is 11.1 Å². The molecule has 106 valence electrons. The number of hydrogen-bond acceptors (Lipinski definition) is 3. The first-order valence-corrected chi connectivity index (χ1v) is 7.55. The van der Waals surface area contributed by atoms with E-state index in [9.17, 15) is 9.59 Å². The SMILES string of the molecule is O=c1[nH]c2ccc(C(Br)C3CCOCC3)cc2[nH]c1=O. The Balaban J connectivity index is 1.97. The van der Waals surface area contributed by atoms with Crippen molar-refractivity contribution in [1.29, 1.82) is 0 Å². The van der Waals surface area contributed by atoms with Gasteiger partial charge in [0.25, 0.3) is 0 Å². The molecule has 1 aliphatic heterocycles. The van der Waals surface area contributed by atoms with Gasteiger partial charge in [0, 0.05) is 18.0 Å². The maximum atomic E-state index is 11.4. The molecule has 0 radical (unpaired) electrons. The molecule has 2 N–H and O–H groups in total. The molecule has 1 aliphatic rings. The predicted octanol–water partition coefficient (Wildman–Crippen LogP) is 2.08. The zero-order valence-electron chi connectivity index (χ0n) is 10.8. The fraction of sp³-hybridized carbons (Fsp3) is 0.429. The van der Waals surface area contributed by atoms with Crippen LogP contribution in [0.15, 0.2) is 27.8 Å². The van der Waals surface area contributed by atoms with E-state index in [1.165, 1.54) is 0 Å². The molecule has 6 heteroatoms. The summed E-state index contributed by atoms with van der Waals surface area (Å²) in [4.78, 5) is 28.1. The van der Waals surface area contributed by atoms with Crippen LogP contribution < -0.4 is 11.1 Å². The van der Waals surface area contributed by atoms with Crippen LogP contribution in [0.2, 0.25) is 0 Å². The summed E-state index contributed by atoms with van der Waals surface area (Å²) < 4.78 is 5.38. The van der Waals surface area contributed by atoms with E-state index in [2.05, 4.69) is 25.9 Å². The Morgan fingerprint density at radius 3 is 2.45 bits per heavy atom. The highest BCUT2D eigenvalue weighted by atomic mass is 79.9. The van der Waals surface area contributed by atoms with E-state index in [0.717, 1.165) is 31.6 Å². The first kappa shape index (κ1) is 13.6. The van der Waals surface area contributed by atoms with Gasteiger partial charge in [-0.05, 0) is 36.5 Å². The standard InChI is InChI=1S/C14H15BrN2O3/c15-12(8-3-5-20-6-4-8)9-1-2-10-11(7-9)17-14(19)13(18)16-10/h1-2,7-8,12H,3-6H2,(H,16,18)(H,17,19). The van der Waals surface area contributed by atoms with Crippen molar-refractivity contribution < 1.29 is 4.74 Å². The number of aromatic nitrogens is 2. The van der Waals surface area contributed by atoms with Gasteiger partial charge in [0.05, 0.1) is 11.0 Å². The van der Waals surface area contributed by atoms with Gasteiger partial charge in [-0.2, -0.15) is 0 Å². The number of aromatic amines is 2. The van der Waals surface area contributed by atoms with E-state index in [-0.39, 0.29) is 4.83 Å². The normalized spacial score (nSPS) is 18.2. The number of fused-ring (bicyclic) bond motifs is 1. The molecule has 1 atom stereocenters. The van der Waals surface area contributed by atoms with E-state index in [1.807, 2.05) is 18.2 Å². The molecule has 0 bridgehead atoms. The summed E-state index contributed by atoms with van der Waals surface area (Å²) in [6, 6.07) is 5.72. The highest BCUT2D eigenvalue weighted by molar-refractivity contribution is 9.09. The number of ether oxygens (including phenoxy) is 1. The minimum Gasteiger partial charge on any atom is -0.381 e. The van der Waals surface area contributed by atoms with E-state index >= 15 is 0 Å². The van der Waals surface area contributed by atoms with Crippen LogP contribution >= 0.6 is 15.9 Å². The molecule has 1 saturated heterocycles. The first-order chi connectivity index (χ1) is 9.65. The Labute approximate surface area is 123 Å². The number of alkyl halides is 1. The molecule has 2 aromatic rings. The molecule has 0 spiro atoms. The maximum absolute atomic E-state index is 11.4. The van der Waals surface area contributed by atoms with E-state index in [4.69, 9.17) is 4.74 Å². The van der Waals surface area contributed by atoms with Crippen LogP contribution in [0.5, 0.6) is 0 Å². The van der Waals surface area contributed by atoms with Crippen molar-refractivity contribution in [1.82, 2.24) is 9.97 Å². The van der Waals surface area contributed by atoms with Crippen LogP contribution in [-0.2, 0) is 4.74 Å². The van der Waals surface area contributed by atoms with Gasteiger partial charge in [-0.1, -0.05) is 22.0 Å². The minimum atomic E-state index is -0.620. The maximum Gasteiger partial charge on any atom is 0.314 e. The van der Waals surface area contributed by atoms with Crippen molar-refractivity contribution in [2.24, 2.45) is 5.92 Å². The van der Waals surface area contributed by atoms with Gasteiger partial charge in [0.1, 0.15) is 0 Å². The highest BCUT2D eigenvalue weighted by Gasteiger charge is 2.23. The molecule has 3 rings (SSSR count). The third-order valence-electron chi connectivity index (χ3n) is 3.74. The van der Waals surface area contributed by atoms with Crippen LogP contribution in [0.25, 0.3) is 11.0 Å². The van der Waals surface area contributed by atoms with Crippen LogP contribution in [-0.4, -0.2) is 23.2 Å². The Morgan fingerprint density at radius 2 is 1.75 bits per heavy atom. The average molecular weight is 339 g/mol. The molecular weight excluding hydrogens is 324 g/mol. The second kappa shape index (κ2) is 5.54. The zero-order chi connectivity index (χ0) is 14.1. The summed E-state index contributed by atoms with van der Waals surface area (Å²) in [5.74, 6) is 0.524. The molecule has 5 nitrogen and oxygen atoms in total. The van der Waals surface area contributed by atoms with E-state index in [0.29, 0.717) is 17.0 Å². The topological polar surface area (TPSA) is 75.0 Å². The number of halogens is 1. The highest BCUT2D eigenvalue weighted by Crippen LogP contribution is 2.37. The largest absolute Gasteiger partial charge is 0.381 e. The second-order valence-electron chi connectivity index (χ2n) is 5.06. The van der Waals surface area contributed by atoms with Crippen LogP contribution in [0.1, 0.15) is 23.2 Å². The molecule has 20 heavy (non-hydrogen) atoms. The van der Waals surface area contributed by atoms with Crippen LogP contribution in [0.4, 0.5) is 0 Å². The molecule has 0 aliphatic carbocycles. The number of benzene rings is 1. The molecule has 1 fully saturated rings. The Bertz CT molecular complexity index is 731. The van der Waals surface area contributed by atoms with Crippen molar-refractivity contribution in [2.45, 2.75) is 17.7 Å². The van der Waals surface area contributed by atoms with E-state index in [1.54, 1.807) is 0 Å². The lowest BCUT2D eigenvalue weighted by molar-refractivity contribution is 0.0662. The monoisotopic (exact) mass is 338 g/mol. The summed E-state index contributed by atoms with van der Waals surface area (Å²) in [5.41, 5.74) is 1.16. The Hall–Kier alpha value is -1.40. The minimum absolute atomic E-state index is 0.228. The van der Waals surface area contributed by atoms with Gasteiger partial charge in [0.2, 0.25) is 0 Å². The molecule has 1 aromatic carbocycles. The number of nitrogens with one attached hydrogen (secondary N) is 2. The van der Waals surface area contributed by atoms with Crippen molar-refractivity contribution in [3.8, 4) is 0 Å². The van der Waals surface area contributed by atoms with Crippen molar-refractivity contribution in [3.05, 3.63) is 44.5 Å². The van der Waals surface area contributed by atoms with E-state index < -0.39 is 11.1 Å². The molecular formula is C14H15BrN2O3. The van der Waals surface area contributed by atoms with Gasteiger partial charge in [-0.15, -0.1) is 0 Å². The summed E-state index contributed by atoms with van der Waals surface area (Å²) in [7, 11) is 0.